The van der Waals surface area contributed by atoms with Crippen molar-refractivity contribution in [1.29, 1.82) is 0 Å². The fourth-order valence-electron chi connectivity index (χ4n) is 2.76. The van der Waals surface area contributed by atoms with E-state index >= 15 is 0 Å². The van der Waals surface area contributed by atoms with Gasteiger partial charge < -0.3 is 9.84 Å². The molecule has 0 fully saturated rings. The highest BCUT2D eigenvalue weighted by molar-refractivity contribution is 5.99. The molecule has 0 amide bonds. The molecular weight excluding hydrogens is 488 g/mol. The van der Waals surface area contributed by atoms with E-state index in [0.29, 0.717) is 0 Å². The largest absolute Gasteiger partial charge is 0.477 e. The van der Waals surface area contributed by atoms with Crippen molar-refractivity contribution in [1.82, 2.24) is 0 Å². The minimum atomic E-state index is -1.69. The van der Waals surface area contributed by atoms with E-state index in [1.54, 1.807) is 0 Å². The molecule has 0 aliphatic heterocycles. The van der Waals surface area contributed by atoms with Crippen molar-refractivity contribution in [2.24, 2.45) is 0 Å². The van der Waals surface area contributed by atoms with Crippen LogP contribution in [0, 0.1) is 54.3 Å². The van der Waals surface area contributed by atoms with Crippen molar-refractivity contribution in [3.05, 3.63) is 87.0 Å². The van der Waals surface area contributed by atoms with Gasteiger partial charge in [-0.05, 0) is 32.9 Å². The van der Waals surface area contributed by atoms with Crippen LogP contribution in [0.1, 0.15) is 53.6 Å². The summed E-state index contributed by atoms with van der Waals surface area (Å²) in [4.78, 5) is 61.7. The molecule has 0 aromatic heterocycles. The number of rotatable bonds is 7. The summed E-state index contributed by atoms with van der Waals surface area (Å²) in [7, 11) is 0. The number of nitrogens with zero attached hydrogens (tertiary/aromatic N) is 4. The van der Waals surface area contributed by atoms with Crippen LogP contribution in [0.25, 0.3) is 0 Å². The molecule has 36 heavy (non-hydrogen) atoms. The van der Waals surface area contributed by atoms with E-state index in [1.165, 1.54) is 26.8 Å². The fraction of sp³-hybridized carbons (Fsp3) is 0.300. The number of carbonyl (C=O) groups excluding carboxylic acids is 1. The van der Waals surface area contributed by atoms with Crippen LogP contribution in [0.15, 0.2) is 24.3 Å². The smallest absolute Gasteiger partial charge is 0.352 e. The summed E-state index contributed by atoms with van der Waals surface area (Å²) < 4.78 is 4.62. The van der Waals surface area contributed by atoms with Gasteiger partial charge in [0.15, 0.2) is 0 Å². The molecule has 2 rings (SSSR count). The van der Waals surface area contributed by atoms with Gasteiger partial charge >= 0.3 is 11.9 Å². The summed E-state index contributed by atoms with van der Waals surface area (Å²) in [6.45, 7) is 4.19. The number of benzene rings is 2. The van der Waals surface area contributed by atoms with Crippen LogP contribution < -0.4 is 0 Å². The molecule has 2 aromatic rings. The number of carbonyl (C=O) groups is 2. The normalized spacial score (nSPS) is 9.31. The number of hydrogen-bond acceptors (Lipinski definition) is 11. The Bertz CT molecular complexity index is 1210. The van der Waals surface area contributed by atoms with Crippen molar-refractivity contribution >= 4 is 34.7 Å². The molecule has 0 bridgehead atoms. The van der Waals surface area contributed by atoms with Crippen LogP contribution in [0.2, 0.25) is 0 Å². The Labute approximate surface area is 203 Å². The molecule has 2 aromatic carbocycles. The minimum absolute atomic E-state index is 0. The number of carboxylic acids is 1. The van der Waals surface area contributed by atoms with E-state index < -0.39 is 65.5 Å². The first-order chi connectivity index (χ1) is 15.8. The molecule has 1 N–H and O–H groups in total. The zero-order chi connectivity index (χ0) is 26.3. The first-order valence-electron chi connectivity index (χ1n) is 9.01. The summed E-state index contributed by atoms with van der Waals surface area (Å²) in [5.41, 5.74) is -4.05. The molecule has 0 atom stereocenters. The van der Waals surface area contributed by atoms with Gasteiger partial charge in [-0.25, -0.2) is 9.59 Å². The lowest BCUT2D eigenvalue weighted by atomic mass is 10.1. The van der Waals surface area contributed by atoms with Crippen LogP contribution in [0.4, 0.5) is 22.7 Å². The maximum Gasteiger partial charge on any atom is 0.352 e. The van der Waals surface area contributed by atoms with Crippen LogP contribution in [-0.2, 0) is 4.74 Å². The molecule has 16 heteroatoms. The second kappa shape index (κ2) is 13.6. The van der Waals surface area contributed by atoms with Crippen molar-refractivity contribution in [2.45, 2.75) is 35.6 Å². The number of nitro groups is 4. The highest BCUT2D eigenvalue weighted by Gasteiger charge is 2.34. The van der Waals surface area contributed by atoms with Gasteiger partial charge in [-0.2, -0.15) is 0 Å². The predicted octanol–water partition coefficient (Wildman–Crippen LogP) is 4.77. The van der Waals surface area contributed by atoms with Gasteiger partial charge in [0, 0.05) is 23.3 Å². The predicted molar refractivity (Wildman–Crippen MR) is 125 cm³/mol. The Morgan fingerprint density at radius 3 is 1.42 bits per heavy atom. The lowest BCUT2D eigenvalue weighted by molar-refractivity contribution is -0.395. The zero-order valence-corrected chi connectivity index (χ0v) is 17.7. The van der Waals surface area contributed by atoms with E-state index in [9.17, 15) is 50.0 Å². The number of aryl methyl sites for hydroxylation is 2. The van der Waals surface area contributed by atoms with E-state index in [1.807, 2.05) is 0 Å². The number of esters is 1. The van der Waals surface area contributed by atoms with Crippen LogP contribution in [0.5, 0.6) is 0 Å². The van der Waals surface area contributed by atoms with Gasteiger partial charge in [-0.3, -0.25) is 40.5 Å². The third-order valence-electron chi connectivity index (χ3n) is 4.17. The third-order valence-corrected chi connectivity index (χ3v) is 4.17. The van der Waals surface area contributed by atoms with Gasteiger partial charge in [0.05, 0.1) is 26.3 Å². The van der Waals surface area contributed by atoms with Crippen molar-refractivity contribution in [3.8, 4) is 0 Å². The number of nitro benzene ring substituents is 4. The zero-order valence-electron chi connectivity index (χ0n) is 17.7. The first kappa shape index (κ1) is 33.2. The fourth-order valence-corrected chi connectivity index (χ4v) is 2.76. The number of carboxylic acid groups (broad SMARTS) is 1. The highest BCUT2D eigenvalue weighted by atomic mass is 16.6. The van der Waals surface area contributed by atoms with Gasteiger partial charge in [-0.1, -0.05) is 14.9 Å². The molecule has 0 radical (unpaired) electrons. The van der Waals surface area contributed by atoms with E-state index in [-0.39, 0.29) is 32.6 Å². The van der Waals surface area contributed by atoms with Gasteiger partial charge in [0.25, 0.3) is 22.7 Å². The summed E-state index contributed by atoms with van der Waals surface area (Å²) in [5.74, 6) is -2.76. The van der Waals surface area contributed by atoms with E-state index in [2.05, 4.69) is 4.74 Å². The minimum Gasteiger partial charge on any atom is -0.477 e. The Kier molecular flexibility index (Phi) is 12.6. The topological polar surface area (TPSA) is 236 Å². The van der Waals surface area contributed by atoms with Gasteiger partial charge in [0.1, 0.15) is 0 Å². The summed E-state index contributed by atoms with van der Waals surface area (Å²) in [6, 6.07) is 4.35. The van der Waals surface area contributed by atoms with E-state index in [4.69, 9.17) is 5.11 Å². The summed E-state index contributed by atoms with van der Waals surface area (Å²) in [5, 5.41) is 51.6. The molecule has 0 heterocycles. The molecule has 16 nitrogen and oxygen atoms in total. The highest BCUT2D eigenvalue weighted by Crippen LogP contribution is 2.32. The molecule has 0 unspecified atom stereocenters. The third kappa shape index (κ3) is 7.24. The Morgan fingerprint density at radius 2 is 1.11 bits per heavy atom. The Morgan fingerprint density at radius 1 is 0.750 bits per heavy atom. The van der Waals surface area contributed by atoms with Crippen LogP contribution in [0.3, 0.4) is 0 Å². The first-order valence-corrected chi connectivity index (χ1v) is 9.01. The summed E-state index contributed by atoms with van der Waals surface area (Å²) in [6.07, 6.45) is 0. The summed E-state index contributed by atoms with van der Waals surface area (Å²) >= 11 is 0. The van der Waals surface area contributed by atoms with Gasteiger partial charge in [0.2, 0.25) is 11.1 Å². The van der Waals surface area contributed by atoms with Gasteiger partial charge in [-0.15, -0.1) is 0 Å². The lowest BCUT2D eigenvalue weighted by Gasteiger charge is -2.05. The Hall–Kier alpha value is -5.02. The maximum atomic E-state index is 11.6. The standard InChI is InChI=1S/C10H10N2O6.C8H6N2O6.2CH4/c1-3-18-10(13)8-7(11(14)15)5-4-6(2)9(8)12(16)17;1-4-2-3-5(9(13)14)6(8(11)12)7(4)10(15)16;;/h4-5H,3H2,1-2H3;2-3H,1H3,(H,11,12);2*1H4. The number of aromatic carboxylic acids is 1. The molecular formula is C20H24N4O12. The number of ether oxygens (including phenoxy) is 1. The van der Waals surface area contributed by atoms with Crippen LogP contribution >= 0.6 is 0 Å². The average molecular weight is 512 g/mol. The maximum absolute atomic E-state index is 11.6. The molecule has 0 aliphatic rings. The van der Waals surface area contributed by atoms with Crippen molar-refractivity contribution in [3.63, 3.8) is 0 Å². The van der Waals surface area contributed by atoms with Crippen LogP contribution in [-0.4, -0.2) is 43.3 Å². The number of hydrogen-bond donors (Lipinski definition) is 1. The molecule has 0 saturated heterocycles. The molecule has 0 spiro atoms. The second-order valence-electron chi connectivity index (χ2n) is 6.30. The van der Waals surface area contributed by atoms with E-state index in [0.717, 1.165) is 18.2 Å². The lowest BCUT2D eigenvalue weighted by Crippen LogP contribution is -2.12. The SMILES string of the molecule is C.C.CCOC(=O)c1c([N+](=O)[O-])ccc(C)c1[N+](=O)[O-].Cc1ccc([N+](=O)[O-])c(C(=O)O)c1[N+](=O)[O-]. The molecule has 0 aliphatic carbocycles. The quantitative estimate of drug-likeness (QED) is 0.300. The second-order valence-corrected chi connectivity index (χ2v) is 6.30. The molecule has 196 valence electrons. The Balaban J connectivity index is 0. The monoisotopic (exact) mass is 512 g/mol. The van der Waals surface area contributed by atoms with Crippen molar-refractivity contribution < 1.29 is 39.1 Å². The average Bonchev–Trinajstić information content (AvgIpc) is 2.72. The van der Waals surface area contributed by atoms with Crippen molar-refractivity contribution in [2.75, 3.05) is 6.61 Å². The molecule has 0 saturated carbocycles.